The fourth-order valence-corrected chi connectivity index (χ4v) is 3.36. The number of nitrogens with zero attached hydrogens (tertiary/aromatic N) is 1. The van der Waals surface area contributed by atoms with Crippen LogP contribution in [-0.4, -0.2) is 29.5 Å². The zero-order valence-corrected chi connectivity index (χ0v) is 16.3. The zero-order valence-electron chi connectivity index (χ0n) is 14.0. The van der Waals surface area contributed by atoms with Gasteiger partial charge in [-0.1, -0.05) is 41.9 Å². The number of ether oxygens (including phenoxy) is 1. The number of rotatable bonds is 4. The number of likely N-dealkylation sites (tertiary alicyclic amines) is 1. The number of anilines is 1. The lowest BCUT2D eigenvalue weighted by atomic mass is 10.2. The van der Waals surface area contributed by atoms with Gasteiger partial charge in [-0.15, -0.1) is 0 Å². The van der Waals surface area contributed by atoms with Crippen molar-refractivity contribution in [1.82, 2.24) is 4.90 Å². The Morgan fingerprint density at radius 1 is 1.23 bits per heavy atom. The van der Waals surface area contributed by atoms with Crippen molar-refractivity contribution in [2.75, 3.05) is 11.9 Å². The quantitative estimate of drug-likeness (QED) is 0.744. The molecule has 26 heavy (non-hydrogen) atoms. The maximum absolute atomic E-state index is 12.6. The van der Waals surface area contributed by atoms with E-state index in [0.717, 1.165) is 12.0 Å². The van der Waals surface area contributed by atoms with Gasteiger partial charge in [0.25, 0.3) is 0 Å². The molecule has 1 N–H and O–H groups in total. The van der Waals surface area contributed by atoms with Gasteiger partial charge >= 0.3 is 6.09 Å². The lowest BCUT2D eigenvalue weighted by molar-refractivity contribution is -0.120. The Kier molecular flexibility index (Phi) is 6.16. The molecule has 136 valence electrons. The molecule has 5 nitrogen and oxygen atoms in total. The Labute approximate surface area is 165 Å². The molecule has 3 rings (SSSR count). The van der Waals surface area contributed by atoms with Crippen molar-refractivity contribution in [3.8, 4) is 0 Å². The van der Waals surface area contributed by atoms with Crippen molar-refractivity contribution < 1.29 is 14.3 Å². The minimum absolute atomic E-state index is 0.189. The summed E-state index contributed by atoms with van der Waals surface area (Å²) >= 11 is 9.29. The molecular weight excluding hydrogens is 420 g/mol. The fourth-order valence-electron chi connectivity index (χ4n) is 2.86. The average molecular weight is 438 g/mol. The maximum Gasteiger partial charge on any atom is 0.410 e. The maximum atomic E-state index is 12.6. The summed E-state index contributed by atoms with van der Waals surface area (Å²) in [5, 5.41) is 3.40. The molecule has 0 aromatic heterocycles. The molecule has 1 heterocycles. The lowest BCUT2D eigenvalue weighted by Gasteiger charge is -2.23. The van der Waals surface area contributed by atoms with Gasteiger partial charge in [-0.05, 0) is 52.5 Å². The number of carbonyl (C=O) groups excluding carboxylic acids is 2. The molecule has 0 bridgehead atoms. The number of benzene rings is 2. The van der Waals surface area contributed by atoms with E-state index in [2.05, 4.69) is 21.2 Å². The SMILES string of the molecule is O=C(Nc1ccc(Cl)c(Br)c1)[C@@H]1CCCN1C(=O)OCc1ccccc1. The number of hydrogen-bond acceptors (Lipinski definition) is 3. The Balaban J connectivity index is 1.60. The van der Waals surface area contributed by atoms with Crippen molar-refractivity contribution in [2.45, 2.75) is 25.5 Å². The standard InChI is InChI=1S/C19H18BrClN2O3/c20-15-11-14(8-9-16(15)21)22-18(24)17-7-4-10-23(17)19(25)26-12-13-5-2-1-3-6-13/h1-3,5-6,8-9,11,17H,4,7,10,12H2,(H,22,24)/t17-/m0/s1. The molecule has 0 aliphatic carbocycles. The molecule has 0 unspecified atom stereocenters. The summed E-state index contributed by atoms with van der Waals surface area (Å²) in [6.07, 6.45) is 0.910. The van der Waals surface area contributed by atoms with E-state index in [9.17, 15) is 9.59 Å². The van der Waals surface area contributed by atoms with Gasteiger partial charge in [-0.3, -0.25) is 9.69 Å². The summed E-state index contributed by atoms with van der Waals surface area (Å²) in [5.74, 6) is -0.228. The third-order valence-corrected chi connectivity index (χ3v) is 5.40. The second-order valence-corrected chi connectivity index (χ2v) is 7.27. The Bertz CT molecular complexity index is 801. The molecular formula is C19H18BrClN2O3. The smallest absolute Gasteiger partial charge is 0.410 e. The average Bonchev–Trinajstić information content (AvgIpc) is 3.14. The van der Waals surface area contributed by atoms with Gasteiger partial charge in [0, 0.05) is 16.7 Å². The minimum atomic E-state index is -0.535. The van der Waals surface area contributed by atoms with Crippen LogP contribution in [0.25, 0.3) is 0 Å². The fraction of sp³-hybridized carbons (Fsp3) is 0.263. The van der Waals surface area contributed by atoms with Crippen LogP contribution in [0.3, 0.4) is 0 Å². The first kappa shape index (κ1) is 18.7. The largest absolute Gasteiger partial charge is 0.445 e. The number of carbonyl (C=O) groups is 2. The summed E-state index contributed by atoms with van der Waals surface area (Å²) in [6, 6.07) is 14.1. The number of halogens is 2. The number of nitrogens with one attached hydrogen (secondary N) is 1. The third kappa shape index (κ3) is 4.56. The predicted octanol–water partition coefficient (Wildman–Crippen LogP) is 4.84. The molecule has 1 aliphatic heterocycles. The van der Waals surface area contributed by atoms with E-state index in [0.29, 0.717) is 28.1 Å². The molecule has 2 amide bonds. The topological polar surface area (TPSA) is 58.6 Å². The van der Waals surface area contributed by atoms with E-state index >= 15 is 0 Å². The van der Waals surface area contributed by atoms with E-state index in [1.54, 1.807) is 18.2 Å². The van der Waals surface area contributed by atoms with Gasteiger partial charge in [0.1, 0.15) is 12.6 Å². The van der Waals surface area contributed by atoms with E-state index in [4.69, 9.17) is 16.3 Å². The Morgan fingerprint density at radius 2 is 2.00 bits per heavy atom. The van der Waals surface area contributed by atoms with Crippen molar-refractivity contribution >= 4 is 45.2 Å². The summed E-state index contributed by atoms with van der Waals surface area (Å²) in [7, 11) is 0. The van der Waals surface area contributed by atoms with Crippen LogP contribution in [-0.2, 0) is 16.1 Å². The molecule has 2 aromatic rings. The molecule has 1 atom stereocenters. The molecule has 2 aromatic carbocycles. The summed E-state index contributed by atoms with van der Waals surface area (Å²) < 4.78 is 6.06. The van der Waals surface area contributed by atoms with Crippen molar-refractivity contribution in [3.63, 3.8) is 0 Å². The summed E-state index contributed by atoms with van der Waals surface area (Å²) in [6.45, 7) is 0.699. The number of amides is 2. The molecule has 1 aliphatic rings. The molecule has 0 radical (unpaired) electrons. The van der Waals surface area contributed by atoms with E-state index in [-0.39, 0.29) is 12.5 Å². The molecule has 1 saturated heterocycles. The second-order valence-electron chi connectivity index (χ2n) is 6.01. The van der Waals surface area contributed by atoms with Crippen molar-refractivity contribution in [1.29, 1.82) is 0 Å². The van der Waals surface area contributed by atoms with Gasteiger partial charge in [0.15, 0.2) is 0 Å². The minimum Gasteiger partial charge on any atom is -0.445 e. The van der Waals surface area contributed by atoms with Crippen LogP contribution in [0.2, 0.25) is 5.02 Å². The number of hydrogen-bond donors (Lipinski definition) is 1. The highest BCUT2D eigenvalue weighted by Gasteiger charge is 2.35. The first-order valence-corrected chi connectivity index (χ1v) is 9.45. The second kappa shape index (κ2) is 8.56. The van der Waals surface area contributed by atoms with Crippen LogP contribution in [0, 0.1) is 0 Å². The Morgan fingerprint density at radius 3 is 2.73 bits per heavy atom. The molecule has 0 spiro atoms. The van der Waals surface area contributed by atoms with Crippen LogP contribution in [0.15, 0.2) is 53.0 Å². The van der Waals surface area contributed by atoms with Gasteiger partial charge in [0.2, 0.25) is 5.91 Å². The van der Waals surface area contributed by atoms with E-state index in [1.807, 2.05) is 30.3 Å². The van der Waals surface area contributed by atoms with Crippen LogP contribution in [0.5, 0.6) is 0 Å². The van der Waals surface area contributed by atoms with E-state index in [1.165, 1.54) is 4.90 Å². The molecule has 7 heteroatoms. The highest BCUT2D eigenvalue weighted by Crippen LogP contribution is 2.26. The van der Waals surface area contributed by atoms with Gasteiger partial charge in [-0.25, -0.2) is 4.79 Å². The van der Waals surface area contributed by atoms with Crippen LogP contribution in [0.4, 0.5) is 10.5 Å². The van der Waals surface area contributed by atoms with E-state index < -0.39 is 12.1 Å². The summed E-state index contributed by atoms with van der Waals surface area (Å²) in [4.78, 5) is 26.5. The highest BCUT2D eigenvalue weighted by atomic mass is 79.9. The zero-order chi connectivity index (χ0) is 18.5. The first-order chi connectivity index (χ1) is 12.5. The first-order valence-electron chi connectivity index (χ1n) is 8.28. The van der Waals surface area contributed by atoms with Crippen molar-refractivity contribution in [3.05, 3.63) is 63.6 Å². The monoisotopic (exact) mass is 436 g/mol. The normalized spacial score (nSPS) is 16.4. The third-order valence-electron chi connectivity index (χ3n) is 4.18. The highest BCUT2D eigenvalue weighted by molar-refractivity contribution is 9.10. The van der Waals surface area contributed by atoms with Crippen LogP contribution < -0.4 is 5.32 Å². The Hall–Kier alpha value is -2.05. The van der Waals surface area contributed by atoms with Crippen LogP contribution >= 0.6 is 27.5 Å². The molecule has 0 saturated carbocycles. The van der Waals surface area contributed by atoms with Gasteiger partial charge < -0.3 is 10.1 Å². The molecule has 1 fully saturated rings. The lowest BCUT2D eigenvalue weighted by Crippen LogP contribution is -2.43. The van der Waals surface area contributed by atoms with Crippen molar-refractivity contribution in [2.24, 2.45) is 0 Å². The predicted molar refractivity (Wildman–Crippen MR) is 104 cm³/mol. The van der Waals surface area contributed by atoms with Gasteiger partial charge in [-0.2, -0.15) is 0 Å². The summed E-state index contributed by atoms with van der Waals surface area (Å²) in [5.41, 5.74) is 1.53. The van der Waals surface area contributed by atoms with Gasteiger partial charge in [0.05, 0.1) is 5.02 Å². The van der Waals surface area contributed by atoms with Crippen LogP contribution in [0.1, 0.15) is 18.4 Å².